The fraction of sp³-hybridized carbons (Fsp3) is 0.400. The van der Waals surface area contributed by atoms with Gasteiger partial charge in [-0.15, -0.1) is 13.2 Å². The van der Waals surface area contributed by atoms with Crippen molar-refractivity contribution in [2.24, 2.45) is 0 Å². The summed E-state index contributed by atoms with van der Waals surface area (Å²) in [5.41, 5.74) is 8.66. The Morgan fingerprint density at radius 1 is 1.10 bits per heavy atom. The molecule has 3 nitrogen and oxygen atoms in total. The fourth-order valence-corrected chi connectivity index (χ4v) is 2.84. The van der Waals surface area contributed by atoms with Gasteiger partial charge in [0.15, 0.2) is 5.75 Å². The molecule has 0 spiro atoms. The normalized spacial score (nSPS) is 15.6. The Hall–Kier alpha value is -1.98. The summed E-state index contributed by atoms with van der Waals surface area (Å²) >= 11 is 0. The molecule has 21 heavy (non-hydrogen) atoms. The van der Waals surface area contributed by atoms with E-state index >= 15 is 0 Å². The van der Waals surface area contributed by atoms with Crippen LogP contribution in [0, 0.1) is 0 Å². The number of aromatic nitrogens is 1. The number of nitrogens with zero attached hydrogens (tertiary/aromatic N) is 1. The Labute approximate surface area is 119 Å². The maximum atomic E-state index is 12.5. The maximum Gasteiger partial charge on any atom is 0.573 e. The van der Waals surface area contributed by atoms with Gasteiger partial charge in [0, 0.05) is 16.8 Å². The third-order valence-corrected chi connectivity index (χ3v) is 3.78. The van der Waals surface area contributed by atoms with Crippen molar-refractivity contribution >= 4 is 16.6 Å². The van der Waals surface area contributed by atoms with Gasteiger partial charge in [-0.25, -0.2) is 4.98 Å². The van der Waals surface area contributed by atoms with Crippen LogP contribution >= 0.6 is 0 Å². The van der Waals surface area contributed by atoms with Crippen molar-refractivity contribution in [1.82, 2.24) is 4.98 Å². The quantitative estimate of drug-likeness (QED) is 0.810. The molecule has 112 valence electrons. The molecule has 1 aliphatic carbocycles. The predicted molar refractivity (Wildman–Crippen MR) is 74.1 cm³/mol. The molecule has 0 bridgehead atoms. The third kappa shape index (κ3) is 2.75. The number of halogens is 3. The molecule has 0 saturated heterocycles. The largest absolute Gasteiger partial charge is 0.573 e. The van der Waals surface area contributed by atoms with Crippen LogP contribution in [0.25, 0.3) is 10.9 Å². The van der Waals surface area contributed by atoms with E-state index in [2.05, 4.69) is 9.72 Å². The molecule has 0 fully saturated rings. The van der Waals surface area contributed by atoms with Crippen LogP contribution in [0.1, 0.15) is 30.5 Å². The molecular formula is C15H15F3N2O. The van der Waals surface area contributed by atoms with Crippen molar-refractivity contribution < 1.29 is 17.9 Å². The van der Waals surface area contributed by atoms with Crippen LogP contribution in [0.5, 0.6) is 5.75 Å². The van der Waals surface area contributed by atoms with Crippen LogP contribution in [0.2, 0.25) is 0 Å². The van der Waals surface area contributed by atoms with E-state index in [1.54, 1.807) is 6.07 Å². The Kier molecular flexibility index (Phi) is 3.39. The van der Waals surface area contributed by atoms with Gasteiger partial charge in [-0.1, -0.05) is 18.6 Å². The number of pyridine rings is 1. The molecule has 0 atom stereocenters. The number of hydrogen-bond acceptors (Lipinski definition) is 3. The van der Waals surface area contributed by atoms with Crippen LogP contribution in [0.3, 0.4) is 0 Å². The highest BCUT2D eigenvalue weighted by Crippen LogP contribution is 2.36. The van der Waals surface area contributed by atoms with E-state index in [4.69, 9.17) is 5.73 Å². The van der Waals surface area contributed by atoms with Crippen LogP contribution in [0.15, 0.2) is 18.2 Å². The molecule has 2 aromatic rings. The second-order valence-electron chi connectivity index (χ2n) is 5.21. The Morgan fingerprint density at radius 3 is 2.62 bits per heavy atom. The van der Waals surface area contributed by atoms with Gasteiger partial charge in [0.25, 0.3) is 0 Å². The number of para-hydroxylation sites is 1. The first-order valence-corrected chi connectivity index (χ1v) is 6.91. The summed E-state index contributed by atoms with van der Waals surface area (Å²) in [6.07, 6.45) is -0.0732. The lowest BCUT2D eigenvalue weighted by atomic mass is 10.0. The first-order chi connectivity index (χ1) is 9.96. The summed E-state index contributed by atoms with van der Waals surface area (Å²) in [7, 11) is 0. The molecule has 1 aromatic heterocycles. The molecule has 1 aliphatic rings. The van der Waals surface area contributed by atoms with Crippen LogP contribution in [-0.2, 0) is 12.8 Å². The first kappa shape index (κ1) is 14.0. The second-order valence-corrected chi connectivity index (χ2v) is 5.21. The lowest BCUT2D eigenvalue weighted by Crippen LogP contribution is -2.17. The van der Waals surface area contributed by atoms with E-state index in [-0.39, 0.29) is 11.3 Å². The molecule has 6 heteroatoms. The van der Waals surface area contributed by atoms with Gasteiger partial charge in [-0.3, -0.25) is 0 Å². The molecular weight excluding hydrogens is 281 g/mol. The number of nitrogens with two attached hydrogens (primary N) is 1. The van der Waals surface area contributed by atoms with Crippen molar-refractivity contribution in [3.05, 3.63) is 29.5 Å². The number of ether oxygens (including phenoxy) is 1. The van der Waals surface area contributed by atoms with Gasteiger partial charge in [0.2, 0.25) is 0 Å². The van der Waals surface area contributed by atoms with Crippen LogP contribution in [-0.4, -0.2) is 11.3 Å². The van der Waals surface area contributed by atoms with Gasteiger partial charge < -0.3 is 10.5 Å². The van der Waals surface area contributed by atoms with E-state index in [9.17, 15) is 13.2 Å². The summed E-state index contributed by atoms with van der Waals surface area (Å²) in [4.78, 5) is 4.42. The minimum atomic E-state index is -4.74. The predicted octanol–water partition coefficient (Wildman–Crippen LogP) is 3.98. The summed E-state index contributed by atoms with van der Waals surface area (Å²) in [6, 6.07) is 4.46. The summed E-state index contributed by atoms with van der Waals surface area (Å²) in [5.74, 6) is -0.293. The van der Waals surface area contributed by atoms with Crippen molar-refractivity contribution in [2.75, 3.05) is 5.73 Å². The highest BCUT2D eigenvalue weighted by molar-refractivity contribution is 5.95. The van der Waals surface area contributed by atoms with Gasteiger partial charge in [-0.2, -0.15) is 0 Å². The summed E-state index contributed by atoms with van der Waals surface area (Å²) in [6.45, 7) is 0. The molecule has 0 aliphatic heterocycles. The van der Waals surface area contributed by atoms with Gasteiger partial charge in [-0.05, 0) is 37.3 Å². The zero-order valence-electron chi connectivity index (χ0n) is 11.3. The average molecular weight is 296 g/mol. The molecule has 0 unspecified atom stereocenters. The smallest absolute Gasteiger partial charge is 0.403 e. The number of hydrogen-bond donors (Lipinski definition) is 1. The van der Waals surface area contributed by atoms with Crippen molar-refractivity contribution in [2.45, 2.75) is 38.5 Å². The number of benzene rings is 1. The number of nitrogen functional groups attached to an aromatic ring is 1. The SMILES string of the molecule is Nc1c2c(nc3c(OC(F)(F)F)cccc13)CCCCC2. The average Bonchev–Trinajstić information content (AvgIpc) is 2.64. The van der Waals surface area contributed by atoms with Gasteiger partial charge >= 0.3 is 6.36 Å². The topological polar surface area (TPSA) is 48.1 Å². The Morgan fingerprint density at radius 2 is 1.86 bits per heavy atom. The molecule has 2 N–H and O–H groups in total. The minimum absolute atomic E-state index is 0.188. The number of rotatable bonds is 1. The number of alkyl halides is 3. The fourth-order valence-electron chi connectivity index (χ4n) is 2.84. The molecule has 0 radical (unpaired) electrons. The lowest BCUT2D eigenvalue weighted by molar-refractivity contribution is -0.274. The third-order valence-electron chi connectivity index (χ3n) is 3.78. The first-order valence-electron chi connectivity index (χ1n) is 6.91. The highest BCUT2D eigenvalue weighted by Gasteiger charge is 2.32. The van der Waals surface area contributed by atoms with E-state index in [0.29, 0.717) is 11.1 Å². The number of anilines is 1. The van der Waals surface area contributed by atoms with Gasteiger partial charge in [0.05, 0.1) is 0 Å². The van der Waals surface area contributed by atoms with E-state index in [1.165, 1.54) is 12.1 Å². The molecule has 0 saturated carbocycles. The summed E-state index contributed by atoms with van der Waals surface area (Å²) < 4.78 is 41.6. The van der Waals surface area contributed by atoms with Gasteiger partial charge in [0.1, 0.15) is 5.52 Å². The monoisotopic (exact) mass is 296 g/mol. The van der Waals surface area contributed by atoms with Crippen LogP contribution in [0.4, 0.5) is 18.9 Å². The minimum Gasteiger partial charge on any atom is -0.403 e. The number of fused-ring (bicyclic) bond motifs is 2. The maximum absolute atomic E-state index is 12.5. The second kappa shape index (κ2) is 5.09. The molecule has 0 amide bonds. The van der Waals surface area contributed by atoms with E-state index in [1.807, 2.05) is 0 Å². The van der Waals surface area contributed by atoms with Crippen LogP contribution < -0.4 is 10.5 Å². The zero-order chi connectivity index (χ0) is 15.0. The summed E-state index contributed by atoms with van der Waals surface area (Å²) in [5, 5.41) is 0.525. The Balaban J connectivity index is 2.20. The van der Waals surface area contributed by atoms with E-state index in [0.717, 1.165) is 43.4 Å². The number of aryl methyl sites for hydroxylation is 1. The molecule has 1 aromatic carbocycles. The Bertz CT molecular complexity index is 683. The highest BCUT2D eigenvalue weighted by atomic mass is 19.4. The molecule has 3 rings (SSSR count). The van der Waals surface area contributed by atoms with Crippen molar-refractivity contribution in [3.63, 3.8) is 0 Å². The van der Waals surface area contributed by atoms with Crippen molar-refractivity contribution in [1.29, 1.82) is 0 Å². The van der Waals surface area contributed by atoms with E-state index < -0.39 is 6.36 Å². The molecule has 1 heterocycles. The standard InChI is InChI=1S/C15H15F3N2O/c16-15(17,18)21-12-8-4-6-10-13(19)9-5-2-1-3-7-11(9)20-14(10)12/h4,6,8H,1-3,5,7H2,(H2,19,20). The lowest BCUT2D eigenvalue weighted by Gasteiger charge is -2.15. The zero-order valence-corrected chi connectivity index (χ0v) is 11.3. The van der Waals surface area contributed by atoms with Crippen molar-refractivity contribution in [3.8, 4) is 5.75 Å².